The summed E-state index contributed by atoms with van der Waals surface area (Å²) in [4.78, 5) is 6.54. The average Bonchev–Trinajstić information content (AvgIpc) is 3.13. The van der Waals surface area contributed by atoms with E-state index in [1.807, 2.05) is 0 Å². The number of anilines is 2. The largest absolute Gasteiger partial charge is 0.376 e. The predicted octanol–water partition coefficient (Wildman–Crippen LogP) is 2.12. The van der Waals surface area contributed by atoms with Crippen molar-refractivity contribution >= 4 is 21.3 Å². The summed E-state index contributed by atoms with van der Waals surface area (Å²) in [7, 11) is -3.89. The van der Waals surface area contributed by atoms with Gasteiger partial charge in [-0.05, 0) is 32.1 Å². The smallest absolute Gasteiger partial charge is 0.239 e. The first kappa shape index (κ1) is 17.9. The molecule has 0 amide bonds. The van der Waals surface area contributed by atoms with Gasteiger partial charge >= 0.3 is 0 Å². The molecule has 0 aromatic carbocycles. The number of nitrogens with zero attached hydrogens (tertiary/aromatic N) is 3. The molecule has 26 heavy (non-hydrogen) atoms. The highest BCUT2D eigenvalue weighted by atomic mass is 32.2. The number of fused-ring (bicyclic) bond motifs is 1. The maximum absolute atomic E-state index is 15.2. The Balaban J connectivity index is 1.76. The molecule has 0 N–H and O–H groups in total. The summed E-state index contributed by atoms with van der Waals surface area (Å²) >= 11 is 0. The molecular weight excluding hydrogens is 364 g/mol. The fraction of sp³-hybridized carbons (Fsp3) is 0.706. The number of halogens is 2. The van der Waals surface area contributed by atoms with Crippen molar-refractivity contribution in [2.45, 2.75) is 43.1 Å². The van der Waals surface area contributed by atoms with Crippen LogP contribution in [0.15, 0.2) is 4.90 Å². The van der Waals surface area contributed by atoms with Gasteiger partial charge in [-0.15, -0.1) is 0 Å². The van der Waals surface area contributed by atoms with E-state index in [0.717, 1.165) is 32.1 Å². The Hall–Kier alpha value is -1.48. The van der Waals surface area contributed by atoms with Crippen LogP contribution in [0.4, 0.5) is 20.3 Å². The molecule has 0 aliphatic carbocycles. The lowest BCUT2D eigenvalue weighted by atomic mass is 10.1. The van der Waals surface area contributed by atoms with Crippen LogP contribution in [0, 0.1) is 11.8 Å². The summed E-state index contributed by atoms with van der Waals surface area (Å²) < 4.78 is 60.8. The first-order chi connectivity index (χ1) is 12.5. The van der Waals surface area contributed by atoms with Gasteiger partial charge in [-0.2, -0.15) is 9.37 Å². The minimum absolute atomic E-state index is 0.0899. The fourth-order valence-electron chi connectivity index (χ4n) is 4.03. The van der Waals surface area contributed by atoms with Gasteiger partial charge in [-0.3, -0.25) is 0 Å². The van der Waals surface area contributed by atoms with E-state index in [0.29, 0.717) is 26.2 Å². The normalized spacial score (nSPS) is 25.4. The molecule has 4 heterocycles. The van der Waals surface area contributed by atoms with Crippen LogP contribution in [0.25, 0.3) is 0 Å². The quantitative estimate of drug-likeness (QED) is 0.741. The lowest BCUT2D eigenvalue weighted by Crippen LogP contribution is -2.42. The van der Waals surface area contributed by atoms with Gasteiger partial charge in [0.25, 0.3) is 0 Å². The van der Waals surface area contributed by atoms with Gasteiger partial charge in [-0.1, -0.05) is 0 Å². The van der Waals surface area contributed by atoms with Crippen LogP contribution >= 0.6 is 0 Å². The first-order valence-electron chi connectivity index (χ1n) is 9.20. The lowest BCUT2D eigenvalue weighted by Gasteiger charge is -2.34. The molecule has 4 rings (SSSR count). The van der Waals surface area contributed by atoms with E-state index in [2.05, 4.69) is 4.98 Å². The van der Waals surface area contributed by atoms with Crippen LogP contribution in [0.2, 0.25) is 0 Å². The van der Waals surface area contributed by atoms with Crippen LogP contribution in [-0.2, 0) is 14.6 Å². The molecule has 0 radical (unpaired) electrons. The topological polar surface area (TPSA) is 62.7 Å². The van der Waals surface area contributed by atoms with Gasteiger partial charge in [0.2, 0.25) is 5.95 Å². The standard InChI is InChI=1S/C17H23F2N3O3S/c18-13-15-14(16(19)20-17(13)21-6-2-1-3-7-21)22(8-10-26(15,23)24)11-12-5-4-9-25-12/h12H,1-11H2. The van der Waals surface area contributed by atoms with Gasteiger partial charge < -0.3 is 14.5 Å². The first-order valence-corrected chi connectivity index (χ1v) is 10.9. The molecule has 2 fully saturated rings. The summed E-state index contributed by atoms with van der Waals surface area (Å²) in [5, 5.41) is 0. The average molecular weight is 387 g/mol. The van der Waals surface area contributed by atoms with Crippen LogP contribution in [0.1, 0.15) is 32.1 Å². The molecule has 3 aliphatic rings. The number of sulfone groups is 1. The Kier molecular flexibility index (Phi) is 4.77. The van der Waals surface area contributed by atoms with E-state index in [1.54, 1.807) is 9.80 Å². The minimum Gasteiger partial charge on any atom is -0.376 e. The van der Waals surface area contributed by atoms with E-state index < -0.39 is 26.5 Å². The Morgan fingerprint density at radius 1 is 1.12 bits per heavy atom. The molecule has 0 saturated carbocycles. The van der Waals surface area contributed by atoms with Crippen molar-refractivity contribution in [3.63, 3.8) is 0 Å². The second kappa shape index (κ2) is 6.92. The Morgan fingerprint density at radius 3 is 2.58 bits per heavy atom. The maximum atomic E-state index is 15.2. The number of rotatable bonds is 3. The van der Waals surface area contributed by atoms with Gasteiger partial charge in [-0.25, -0.2) is 12.8 Å². The number of hydrogen-bond donors (Lipinski definition) is 0. The van der Waals surface area contributed by atoms with E-state index >= 15 is 4.39 Å². The molecule has 3 aliphatic heterocycles. The lowest BCUT2D eigenvalue weighted by molar-refractivity contribution is 0.115. The summed E-state index contributed by atoms with van der Waals surface area (Å²) in [6.45, 7) is 2.23. The third-order valence-electron chi connectivity index (χ3n) is 5.37. The minimum atomic E-state index is -3.89. The second-order valence-electron chi connectivity index (χ2n) is 7.17. The number of pyridine rings is 1. The molecule has 6 nitrogen and oxygen atoms in total. The third kappa shape index (κ3) is 3.15. The molecule has 1 unspecified atom stereocenters. The molecule has 1 aromatic rings. The zero-order valence-corrected chi connectivity index (χ0v) is 15.4. The molecule has 2 saturated heterocycles. The van der Waals surface area contributed by atoms with Crippen molar-refractivity contribution in [3.05, 3.63) is 11.8 Å². The summed E-state index contributed by atoms with van der Waals surface area (Å²) in [5.41, 5.74) is -0.231. The Morgan fingerprint density at radius 2 is 1.88 bits per heavy atom. The van der Waals surface area contributed by atoms with Crippen molar-refractivity contribution in [1.29, 1.82) is 0 Å². The van der Waals surface area contributed by atoms with Crippen LogP contribution in [0.3, 0.4) is 0 Å². The monoisotopic (exact) mass is 387 g/mol. The number of ether oxygens (including phenoxy) is 1. The van der Waals surface area contributed by atoms with E-state index in [1.165, 1.54) is 0 Å². The molecule has 0 bridgehead atoms. The van der Waals surface area contributed by atoms with Gasteiger partial charge in [0, 0.05) is 32.8 Å². The van der Waals surface area contributed by atoms with Crippen LogP contribution in [0.5, 0.6) is 0 Å². The number of aromatic nitrogens is 1. The third-order valence-corrected chi connectivity index (χ3v) is 7.09. The van der Waals surface area contributed by atoms with Crippen LogP contribution in [-0.4, -0.2) is 58.0 Å². The van der Waals surface area contributed by atoms with E-state index in [-0.39, 0.29) is 29.9 Å². The highest BCUT2D eigenvalue weighted by Gasteiger charge is 2.39. The molecule has 1 atom stereocenters. The van der Waals surface area contributed by atoms with Crippen molar-refractivity contribution in [1.82, 2.24) is 4.98 Å². The SMILES string of the molecule is O=S1(=O)CCN(CC2CCCO2)c2c(F)nc(N3CCCCC3)c(F)c21. The molecule has 9 heteroatoms. The summed E-state index contributed by atoms with van der Waals surface area (Å²) in [6.07, 6.45) is 4.41. The molecule has 1 aromatic heterocycles. The molecule has 0 spiro atoms. The van der Waals surface area contributed by atoms with Crippen molar-refractivity contribution in [2.75, 3.05) is 48.3 Å². The Labute approximate surface area is 152 Å². The van der Waals surface area contributed by atoms with Crippen molar-refractivity contribution < 1.29 is 21.9 Å². The van der Waals surface area contributed by atoms with E-state index in [9.17, 15) is 12.8 Å². The van der Waals surface area contributed by atoms with Crippen molar-refractivity contribution in [2.24, 2.45) is 0 Å². The number of hydrogen-bond acceptors (Lipinski definition) is 6. The van der Waals surface area contributed by atoms with Crippen LogP contribution < -0.4 is 9.80 Å². The Bertz CT molecular complexity index is 791. The summed E-state index contributed by atoms with van der Waals surface area (Å²) in [6, 6.07) is 0. The predicted molar refractivity (Wildman–Crippen MR) is 93.5 cm³/mol. The molecular formula is C17H23F2N3O3S. The van der Waals surface area contributed by atoms with Gasteiger partial charge in [0.05, 0.1) is 11.9 Å². The van der Waals surface area contributed by atoms with Crippen molar-refractivity contribution in [3.8, 4) is 0 Å². The van der Waals surface area contributed by atoms with Gasteiger partial charge in [0.1, 0.15) is 10.6 Å². The van der Waals surface area contributed by atoms with E-state index in [4.69, 9.17) is 4.74 Å². The number of piperidine rings is 1. The zero-order valence-electron chi connectivity index (χ0n) is 14.6. The fourth-order valence-corrected chi connectivity index (χ4v) is 5.57. The second-order valence-corrected chi connectivity index (χ2v) is 9.21. The maximum Gasteiger partial charge on any atom is 0.239 e. The summed E-state index contributed by atoms with van der Waals surface area (Å²) in [5.74, 6) is -2.24. The van der Waals surface area contributed by atoms with Gasteiger partial charge in [0.15, 0.2) is 21.5 Å². The highest BCUT2D eigenvalue weighted by molar-refractivity contribution is 7.91. The highest BCUT2D eigenvalue weighted by Crippen LogP contribution is 2.39. The zero-order chi connectivity index (χ0) is 18.3. The molecule has 144 valence electrons.